The highest BCUT2D eigenvalue weighted by Gasteiger charge is 2.53. The maximum atomic E-state index is 13.6. The quantitative estimate of drug-likeness (QED) is 0.230. The zero-order valence-corrected chi connectivity index (χ0v) is 22.9. The molecule has 1 aromatic carbocycles. The molecule has 1 aliphatic heterocycles. The van der Waals surface area contributed by atoms with Crippen molar-refractivity contribution in [2.45, 2.75) is 38.1 Å². The number of benzene rings is 1. The molecule has 37 heavy (non-hydrogen) atoms. The van der Waals surface area contributed by atoms with Crippen LogP contribution in [0.3, 0.4) is 0 Å². The number of thioether (sulfide) groups is 1. The van der Waals surface area contributed by atoms with Crippen molar-refractivity contribution in [2.24, 2.45) is 23.7 Å². The van der Waals surface area contributed by atoms with Gasteiger partial charge >= 0.3 is 0 Å². The number of thiocarbonyl (C=S) groups is 1. The predicted molar refractivity (Wildman–Crippen MR) is 146 cm³/mol. The van der Waals surface area contributed by atoms with Gasteiger partial charge in [0.15, 0.2) is 18.3 Å². The second kappa shape index (κ2) is 10.0. The van der Waals surface area contributed by atoms with Crippen LogP contribution in [-0.4, -0.2) is 49.3 Å². The number of rotatable bonds is 8. The SMILES string of the molecule is COCOc1cc(-c2ccc(C=C3SC(=S)N(C4C5CC6CC(C5)CC4C6)C3=O)o2)cc(OC)c1OC. The van der Waals surface area contributed by atoms with Crippen LogP contribution in [-0.2, 0) is 9.53 Å². The Morgan fingerprint density at radius 3 is 2.38 bits per heavy atom. The highest BCUT2D eigenvalue weighted by Crippen LogP contribution is 2.56. The number of furan rings is 1. The van der Waals surface area contributed by atoms with E-state index in [1.54, 1.807) is 21.3 Å². The lowest BCUT2D eigenvalue weighted by Gasteiger charge is -2.56. The molecule has 5 fully saturated rings. The van der Waals surface area contributed by atoms with Gasteiger partial charge in [0, 0.05) is 24.8 Å². The van der Waals surface area contributed by atoms with Gasteiger partial charge in [0.2, 0.25) is 5.75 Å². The lowest BCUT2D eigenvalue weighted by molar-refractivity contribution is -0.130. The van der Waals surface area contributed by atoms with E-state index in [9.17, 15) is 4.79 Å². The van der Waals surface area contributed by atoms with Gasteiger partial charge in [-0.25, -0.2) is 0 Å². The molecule has 196 valence electrons. The average Bonchev–Trinajstić information content (AvgIpc) is 3.46. The fourth-order valence-electron chi connectivity index (χ4n) is 7.07. The van der Waals surface area contributed by atoms with Crippen LogP contribution in [0, 0.1) is 23.7 Å². The van der Waals surface area contributed by atoms with Crippen molar-refractivity contribution >= 4 is 40.3 Å². The molecule has 7 rings (SSSR count). The van der Waals surface area contributed by atoms with Gasteiger partial charge in [-0.05, 0) is 80.0 Å². The summed E-state index contributed by atoms with van der Waals surface area (Å²) in [5.74, 6) is 5.59. The summed E-state index contributed by atoms with van der Waals surface area (Å²) < 4.78 is 28.5. The molecule has 0 unspecified atom stereocenters. The van der Waals surface area contributed by atoms with E-state index in [1.165, 1.54) is 43.9 Å². The minimum atomic E-state index is 0.0202. The molecule has 0 atom stereocenters. The number of ether oxygens (including phenoxy) is 4. The lowest BCUT2D eigenvalue weighted by atomic mass is 9.54. The Balaban J connectivity index is 1.24. The Hall–Kier alpha value is -2.49. The van der Waals surface area contributed by atoms with E-state index in [1.807, 2.05) is 35.2 Å². The predicted octanol–water partition coefficient (Wildman–Crippen LogP) is 5.97. The van der Waals surface area contributed by atoms with E-state index in [0.29, 0.717) is 49.8 Å². The first kappa shape index (κ1) is 24.8. The van der Waals surface area contributed by atoms with Crippen molar-refractivity contribution in [3.63, 3.8) is 0 Å². The largest absolute Gasteiger partial charge is 0.493 e. The molecule has 0 spiro atoms. The number of nitrogens with zero attached hydrogens (tertiary/aromatic N) is 1. The molecular formula is C28H31NO6S2. The fourth-order valence-corrected chi connectivity index (χ4v) is 8.40. The van der Waals surface area contributed by atoms with E-state index in [-0.39, 0.29) is 18.7 Å². The smallest absolute Gasteiger partial charge is 0.266 e. The zero-order chi connectivity index (χ0) is 25.7. The summed E-state index contributed by atoms with van der Waals surface area (Å²) >= 11 is 7.13. The van der Waals surface area contributed by atoms with Gasteiger partial charge in [-0.1, -0.05) is 24.0 Å². The van der Waals surface area contributed by atoms with Crippen LogP contribution in [0.4, 0.5) is 0 Å². The summed E-state index contributed by atoms with van der Waals surface area (Å²) in [7, 11) is 4.68. The standard InChI is InChI=1S/C28H31NO6S2/c1-31-14-34-23-12-17(11-22(32-2)26(23)33-3)21-5-4-20(35-21)13-24-27(30)29(28(36)37-24)25-18-7-15-6-16(9-18)10-19(25)8-15/h4-5,11-13,15-16,18-19,25H,6-10,14H2,1-3H3. The molecular weight excluding hydrogens is 510 g/mol. The van der Waals surface area contributed by atoms with Crippen LogP contribution in [0.1, 0.15) is 37.9 Å². The van der Waals surface area contributed by atoms with Crippen molar-refractivity contribution in [2.75, 3.05) is 28.1 Å². The molecule has 0 N–H and O–H groups in total. The third kappa shape index (κ3) is 4.45. The molecule has 7 nitrogen and oxygen atoms in total. The van der Waals surface area contributed by atoms with Gasteiger partial charge in [0.25, 0.3) is 5.91 Å². The Kier molecular flexibility index (Phi) is 6.71. The number of methoxy groups -OCH3 is 3. The zero-order valence-electron chi connectivity index (χ0n) is 21.2. The van der Waals surface area contributed by atoms with Crippen LogP contribution < -0.4 is 14.2 Å². The van der Waals surface area contributed by atoms with Crippen LogP contribution in [0.5, 0.6) is 17.2 Å². The van der Waals surface area contributed by atoms with Crippen LogP contribution in [0.15, 0.2) is 33.6 Å². The minimum absolute atomic E-state index is 0.0202. The Bertz CT molecular complexity index is 1230. The number of carbonyl (C=O) groups excluding carboxylic acids is 1. The van der Waals surface area contributed by atoms with Gasteiger partial charge in [-0.2, -0.15) is 0 Å². The van der Waals surface area contributed by atoms with Crippen molar-refractivity contribution in [1.29, 1.82) is 0 Å². The first-order valence-electron chi connectivity index (χ1n) is 12.7. The summed E-state index contributed by atoms with van der Waals surface area (Å²) in [6.45, 7) is 0.0677. The third-order valence-electron chi connectivity index (χ3n) is 8.26. The van der Waals surface area contributed by atoms with E-state index < -0.39 is 0 Å². The molecule has 4 aliphatic carbocycles. The number of carbonyl (C=O) groups is 1. The number of hydrogen-bond donors (Lipinski definition) is 0. The maximum Gasteiger partial charge on any atom is 0.266 e. The van der Waals surface area contributed by atoms with E-state index >= 15 is 0 Å². The highest BCUT2D eigenvalue weighted by molar-refractivity contribution is 8.26. The molecule has 0 radical (unpaired) electrons. The summed E-state index contributed by atoms with van der Waals surface area (Å²) in [4.78, 5) is 16.1. The van der Waals surface area contributed by atoms with Gasteiger partial charge in [0.1, 0.15) is 15.8 Å². The van der Waals surface area contributed by atoms with Gasteiger partial charge < -0.3 is 23.4 Å². The van der Waals surface area contributed by atoms with Crippen molar-refractivity contribution < 1.29 is 28.2 Å². The molecule has 2 aromatic rings. The molecule has 2 heterocycles. The van der Waals surface area contributed by atoms with E-state index in [4.69, 9.17) is 35.6 Å². The Morgan fingerprint density at radius 1 is 1.03 bits per heavy atom. The van der Waals surface area contributed by atoms with E-state index in [0.717, 1.165) is 17.4 Å². The first-order chi connectivity index (χ1) is 18.0. The van der Waals surface area contributed by atoms with Crippen LogP contribution in [0.25, 0.3) is 17.4 Å². The summed E-state index contributed by atoms with van der Waals surface area (Å²) in [5, 5.41) is 0. The van der Waals surface area contributed by atoms with Crippen LogP contribution >= 0.6 is 24.0 Å². The molecule has 1 aromatic heterocycles. The second-order valence-corrected chi connectivity index (χ2v) is 12.1. The van der Waals surface area contributed by atoms with Crippen LogP contribution in [0.2, 0.25) is 0 Å². The monoisotopic (exact) mass is 541 g/mol. The maximum absolute atomic E-state index is 13.6. The minimum Gasteiger partial charge on any atom is -0.493 e. The van der Waals surface area contributed by atoms with Gasteiger partial charge in [-0.3, -0.25) is 9.69 Å². The third-order valence-corrected chi connectivity index (χ3v) is 9.59. The summed E-state index contributed by atoms with van der Waals surface area (Å²) in [5.41, 5.74) is 0.754. The van der Waals surface area contributed by atoms with Gasteiger partial charge in [-0.15, -0.1) is 0 Å². The van der Waals surface area contributed by atoms with E-state index in [2.05, 4.69) is 0 Å². The molecule has 5 aliphatic rings. The summed E-state index contributed by atoms with van der Waals surface area (Å²) in [6, 6.07) is 7.63. The van der Waals surface area contributed by atoms with Crippen molar-refractivity contribution in [3.8, 4) is 28.6 Å². The fraction of sp³-hybridized carbons (Fsp3) is 0.500. The molecule has 1 saturated heterocycles. The summed E-state index contributed by atoms with van der Waals surface area (Å²) in [6.07, 6.45) is 8.18. The Morgan fingerprint density at radius 2 is 1.73 bits per heavy atom. The van der Waals surface area contributed by atoms with Crippen molar-refractivity contribution in [1.82, 2.24) is 4.90 Å². The number of amides is 1. The average molecular weight is 542 g/mol. The second-order valence-electron chi connectivity index (χ2n) is 10.4. The highest BCUT2D eigenvalue weighted by atomic mass is 32.2. The van der Waals surface area contributed by atoms with Gasteiger partial charge in [0.05, 0.1) is 19.1 Å². The molecule has 9 heteroatoms. The molecule has 4 bridgehead atoms. The molecule has 1 amide bonds. The normalized spacial score (nSPS) is 29.4. The lowest BCUT2D eigenvalue weighted by Crippen LogP contribution is -2.57. The van der Waals surface area contributed by atoms with Crippen molar-refractivity contribution in [3.05, 3.63) is 34.9 Å². The topological polar surface area (TPSA) is 70.4 Å². The Labute approximate surface area is 226 Å². The first-order valence-corrected chi connectivity index (χ1v) is 14.0. The number of hydrogen-bond acceptors (Lipinski definition) is 8. The molecule has 4 saturated carbocycles.